The highest BCUT2D eigenvalue weighted by molar-refractivity contribution is 5.79. The van der Waals surface area contributed by atoms with Crippen LogP contribution in [0.5, 0.6) is 0 Å². The first-order valence-corrected chi connectivity index (χ1v) is 5.74. The van der Waals surface area contributed by atoms with Crippen LogP contribution in [-0.2, 0) is 0 Å². The lowest BCUT2D eigenvalue weighted by Crippen LogP contribution is -2.37. The van der Waals surface area contributed by atoms with Crippen LogP contribution in [0, 0.1) is 18.3 Å². The second-order valence-electron chi connectivity index (χ2n) is 3.46. The third kappa shape index (κ3) is 6.84. The van der Waals surface area contributed by atoms with E-state index in [0.717, 1.165) is 19.0 Å². The van der Waals surface area contributed by atoms with Crippen molar-refractivity contribution < 1.29 is 0 Å². The first-order valence-electron chi connectivity index (χ1n) is 5.74. The van der Waals surface area contributed by atoms with Gasteiger partial charge in [-0.1, -0.05) is 32.6 Å². The van der Waals surface area contributed by atoms with Gasteiger partial charge in [0.05, 0.1) is 6.54 Å². The SMILES string of the molecule is C#CCNC(=NCC(CC)CC)NCC. The quantitative estimate of drug-likeness (QED) is 0.396. The van der Waals surface area contributed by atoms with Crippen LogP contribution in [0.25, 0.3) is 0 Å². The van der Waals surface area contributed by atoms with Crippen molar-refractivity contribution in [2.24, 2.45) is 10.9 Å². The normalized spacial score (nSPS) is 11.3. The topological polar surface area (TPSA) is 36.4 Å². The minimum Gasteiger partial charge on any atom is -0.357 e. The van der Waals surface area contributed by atoms with Gasteiger partial charge in [-0.15, -0.1) is 6.42 Å². The standard InChI is InChI=1S/C12H23N3/c1-5-9-14-12(13-8-4)15-10-11(6-2)7-3/h1,11H,6-10H2,2-4H3,(H2,13,14,15). The molecule has 0 aliphatic carbocycles. The van der Waals surface area contributed by atoms with Crippen LogP contribution in [0.3, 0.4) is 0 Å². The summed E-state index contributed by atoms with van der Waals surface area (Å²) in [6.45, 7) is 8.70. The molecule has 3 heteroatoms. The molecule has 0 saturated carbocycles. The largest absolute Gasteiger partial charge is 0.357 e. The molecule has 0 heterocycles. The summed E-state index contributed by atoms with van der Waals surface area (Å²) >= 11 is 0. The molecule has 0 aliphatic heterocycles. The summed E-state index contributed by atoms with van der Waals surface area (Å²) < 4.78 is 0. The predicted octanol–water partition coefficient (Wildman–Crippen LogP) is 1.61. The van der Waals surface area contributed by atoms with Crippen LogP contribution in [0.15, 0.2) is 4.99 Å². The van der Waals surface area contributed by atoms with E-state index >= 15 is 0 Å². The second-order valence-corrected chi connectivity index (χ2v) is 3.46. The Labute approximate surface area is 93.7 Å². The third-order valence-corrected chi connectivity index (χ3v) is 2.36. The lowest BCUT2D eigenvalue weighted by atomic mass is 10.0. The molecule has 0 atom stereocenters. The van der Waals surface area contributed by atoms with Crippen molar-refractivity contribution in [3.05, 3.63) is 0 Å². The molecule has 0 amide bonds. The van der Waals surface area contributed by atoms with E-state index in [2.05, 4.69) is 35.4 Å². The van der Waals surface area contributed by atoms with Crippen LogP contribution in [-0.4, -0.2) is 25.6 Å². The van der Waals surface area contributed by atoms with Crippen molar-refractivity contribution >= 4 is 5.96 Å². The molecule has 0 aliphatic rings. The van der Waals surface area contributed by atoms with E-state index in [1.807, 2.05) is 6.92 Å². The molecule has 0 saturated heterocycles. The molecule has 0 unspecified atom stereocenters. The minimum atomic E-state index is 0.523. The van der Waals surface area contributed by atoms with Crippen molar-refractivity contribution in [2.45, 2.75) is 33.6 Å². The Bertz CT molecular complexity index is 211. The van der Waals surface area contributed by atoms with Crippen LogP contribution >= 0.6 is 0 Å². The van der Waals surface area contributed by atoms with Crippen LogP contribution in [0.2, 0.25) is 0 Å². The first kappa shape index (κ1) is 13.8. The van der Waals surface area contributed by atoms with Crippen LogP contribution < -0.4 is 10.6 Å². The molecule has 0 spiro atoms. The van der Waals surface area contributed by atoms with Gasteiger partial charge in [0.1, 0.15) is 0 Å². The molecule has 0 fully saturated rings. The molecule has 3 nitrogen and oxygen atoms in total. The van der Waals surface area contributed by atoms with Crippen molar-refractivity contribution in [1.29, 1.82) is 0 Å². The summed E-state index contributed by atoms with van der Waals surface area (Å²) in [4.78, 5) is 4.49. The molecule has 0 aromatic heterocycles. The van der Waals surface area contributed by atoms with Gasteiger partial charge in [0.15, 0.2) is 5.96 Å². The molecule has 0 bridgehead atoms. The Hall–Kier alpha value is -1.17. The second kappa shape index (κ2) is 9.39. The van der Waals surface area contributed by atoms with Gasteiger partial charge in [-0.05, 0) is 12.8 Å². The number of hydrogen-bond donors (Lipinski definition) is 2. The summed E-state index contributed by atoms with van der Waals surface area (Å²) in [5.74, 6) is 4.03. The maximum absolute atomic E-state index is 5.19. The summed E-state index contributed by atoms with van der Waals surface area (Å²) in [5, 5.41) is 6.24. The predicted molar refractivity (Wildman–Crippen MR) is 66.9 cm³/mol. The summed E-state index contributed by atoms with van der Waals surface area (Å²) in [6, 6.07) is 0. The van der Waals surface area contributed by atoms with Gasteiger partial charge in [0.2, 0.25) is 0 Å². The third-order valence-electron chi connectivity index (χ3n) is 2.36. The molecule has 2 N–H and O–H groups in total. The molecule has 0 aromatic carbocycles. The molecule has 0 radical (unpaired) electrons. The molecule has 0 aromatic rings. The number of rotatable bonds is 6. The zero-order valence-electron chi connectivity index (χ0n) is 10.1. The van der Waals surface area contributed by atoms with Crippen LogP contribution in [0.4, 0.5) is 0 Å². The fourth-order valence-corrected chi connectivity index (χ4v) is 1.24. The maximum Gasteiger partial charge on any atom is 0.192 e. The smallest absolute Gasteiger partial charge is 0.192 e. The molecule has 86 valence electrons. The Balaban J connectivity index is 4.08. The van der Waals surface area contributed by atoms with Crippen molar-refractivity contribution in [2.75, 3.05) is 19.6 Å². The molecular formula is C12H23N3. The lowest BCUT2D eigenvalue weighted by Gasteiger charge is -2.12. The number of hydrogen-bond acceptors (Lipinski definition) is 1. The zero-order chi connectivity index (χ0) is 11.5. The fourth-order valence-electron chi connectivity index (χ4n) is 1.24. The fraction of sp³-hybridized carbons (Fsp3) is 0.750. The van der Waals surface area contributed by atoms with E-state index in [0.29, 0.717) is 12.5 Å². The van der Waals surface area contributed by atoms with E-state index < -0.39 is 0 Å². The van der Waals surface area contributed by atoms with Gasteiger partial charge in [0.25, 0.3) is 0 Å². The molecular weight excluding hydrogens is 186 g/mol. The summed E-state index contributed by atoms with van der Waals surface area (Å²) in [6.07, 6.45) is 7.54. The summed E-state index contributed by atoms with van der Waals surface area (Å²) in [5.41, 5.74) is 0. The zero-order valence-corrected chi connectivity index (χ0v) is 10.1. The van der Waals surface area contributed by atoms with Gasteiger partial charge in [-0.3, -0.25) is 4.99 Å². The maximum atomic E-state index is 5.19. The van der Waals surface area contributed by atoms with Gasteiger partial charge >= 0.3 is 0 Å². The Kier molecular flexibility index (Phi) is 8.66. The van der Waals surface area contributed by atoms with Crippen molar-refractivity contribution in [1.82, 2.24) is 10.6 Å². The van der Waals surface area contributed by atoms with E-state index in [9.17, 15) is 0 Å². The van der Waals surface area contributed by atoms with Crippen molar-refractivity contribution in [3.8, 4) is 12.3 Å². The van der Waals surface area contributed by atoms with Crippen LogP contribution in [0.1, 0.15) is 33.6 Å². The van der Waals surface area contributed by atoms with E-state index in [4.69, 9.17) is 6.42 Å². The number of aliphatic imine (C=N–C) groups is 1. The monoisotopic (exact) mass is 209 g/mol. The Morgan fingerprint density at radius 1 is 1.27 bits per heavy atom. The first-order chi connectivity index (χ1) is 7.28. The molecule has 15 heavy (non-hydrogen) atoms. The van der Waals surface area contributed by atoms with Gasteiger partial charge in [-0.2, -0.15) is 0 Å². The van der Waals surface area contributed by atoms with Crippen molar-refractivity contribution in [3.63, 3.8) is 0 Å². The van der Waals surface area contributed by atoms with Gasteiger partial charge in [-0.25, -0.2) is 0 Å². The average Bonchev–Trinajstić information content (AvgIpc) is 2.27. The van der Waals surface area contributed by atoms with E-state index in [1.165, 1.54) is 12.8 Å². The van der Waals surface area contributed by atoms with E-state index in [1.54, 1.807) is 0 Å². The Morgan fingerprint density at radius 2 is 1.93 bits per heavy atom. The van der Waals surface area contributed by atoms with E-state index in [-0.39, 0.29) is 0 Å². The minimum absolute atomic E-state index is 0.523. The van der Waals surface area contributed by atoms with Gasteiger partial charge in [0, 0.05) is 13.1 Å². The number of terminal acetylenes is 1. The lowest BCUT2D eigenvalue weighted by molar-refractivity contribution is 0.504. The highest BCUT2D eigenvalue weighted by atomic mass is 15.2. The number of nitrogens with zero attached hydrogens (tertiary/aromatic N) is 1. The highest BCUT2D eigenvalue weighted by Crippen LogP contribution is 2.06. The number of nitrogens with one attached hydrogen (secondary N) is 2. The summed E-state index contributed by atoms with van der Waals surface area (Å²) in [7, 11) is 0. The Morgan fingerprint density at radius 3 is 2.40 bits per heavy atom. The molecule has 0 rings (SSSR count). The van der Waals surface area contributed by atoms with Gasteiger partial charge < -0.3 is 10.6 Å². The number of guanidine groups is 1. The average molecular weight is 209 g/mol. The highest BCUT2D eigenvalue weighted by Gasteiger charge is 2.02.